The number of benzene rings is 2. The van der Waals surface area contributed by atoms with Gasteiger partial charge >= 0.3 is 0 Å². The number of rotatable bonds is 8. The third-order valence-corrected chi connectivity index (χ3v) is 4.92. The van der Waals surface area contributed by atoms with Crippen molar-refractivity contribution in [3.05, 3.63) is 126 Å². The number of nitrogens with one attached hydrogen (secondary N) is 1. The first-order chi connectivity index (χ1) is 15.3. The molecule has 1 N–H and O–H groups in total. The largest absolute Gasteiger partial charge is 0.322 e. The highest BCUT2D eigenvalue weighted by atomic mass is 16.1. The molecule has 154 valence electrons. The van der Waals surface area contributed by atoms with Gasteiger partial charge in [-0.2, -0.15) is 0 Å². The summed E-state index contributed by atoms with van der Waals surface area (Å²) in [5, 5.41) is 3.06. The minimum atomic E-state index is -0.117. The van der Waals surface area contributed by atoms with Gasteiger partial charge in [-0.25, -0.2) is 0 Å². The van der Waals surface area contributed by atoms with Crippen molar-refractivity contribution in [2.24, 2.45) is 0 Å². The monoisotopic (exact) mass is 408 g/mol. The Morgan fingerprint density at radius 1 is 0.677 bits per heavy atom. The molecule has 0 spiro atoms. The molecular formula is C26H24N4O. The van der Waals surface area contributed by atoms with Gasteiger partial charge in [-0.05, 0) is 48.0 Å². The zero-order valence-electron chi connectivity index (χ0n) is 17.2. The van der Waals surface area contributed by atoms with Crippen LogP contribution in [-0.4, -0.2) is 20.8 Å². The second kappa shape index (κ2) is 10.3. The van der Waals surface area contributed by atoms with Crippen LogP contribution in [-0.2, 0) is 19.6 Å². The number of para-hydroxylation sites is 1. The molecule has 0 saturated heterocycles. The molecule has 0 bridgehead atoms. The third-order valence-electron chi connectivity index (χ3n) is 4.92. The zero-order valence-corrected chi connectivity index (χ0v) is 17.2. The second-order valence-corrected chi connectivity index (χ2v) is 7.26. The number of aromatic nitrogens is 2. The van der Waals surface area contributed by atoms with Gasteiger partial charge in [0.2, 0.25) is 0 Å². The number of hydrogen-bond donors (Lipinski definition) is 1. The lowest BCUT2D eigenvalue weighted by molar-refractivity contribution is 0.102. The molecule has 2 aromatic carbocycles. The Hall–Kier alpha value is -3.83. The van der Waals surface area contributed by atoms with Crippen LogP contribution >= 0.6 is 0 Å². The van der Waals surface area contributed by atoms with Gasteiger partial charge in [0, 0.05) is 43.3 Å². The molecular weight excluding hydrogens is 384 g/mol. The number of pyridine rings is 2. The second-order valence-electron chi connectivity index (χ2n) is 7.26. The molecule has 0 radical (unpaired) electrons. The maximum Gasteiger partial charge on any atom is 0.255 e. The molecule has 2 heterocycles. The van der Waals surface area contributed by atoms with E-state index in [4.69, 9.17) is 0 Å². The summed E-state index contributed by atoms with van der Waals surface area (Å²) < 4.78 is 0. The van der Waals surface area contributed by atoms with Crippen LogP contribution < -0.4 is 5.32 Å². The Morgan fingerprint density at radius 2 is 1.26 bits per heavy atom. The van der Waals surface area contributed by atoms with Crippen molar-refractivity contribution < 1.29 is 4.79 Å². The van der Waals surface area contributed by atoms with Gasteiger partial charge in [0.15, 0.2) is 0 Å². The topological polar surface area (TPSA) is 58.1 Å². The van der Waals surface area contributed by atoms with Gasteiger partial charge in [-0.1, -0.05) is 48.5 Å². The number of hydrogen-bond acceptors (Lipinski definition) is 4. The van der Waals surface area contributed by atoms with E-state index in [2.05, 4.69) is 20.2 Å². The van der Waals surface area contributed by atoms with E-state index >= 15 is 0 Å². The maximum absolute atomic E-state index is 12.7. The zero-order chi connectivity index (χ0) is 21.3. The van der Waals surface area contributed by atoms with Gasteiger partial charge in [0.1, 0.15) is 0 Å². The lowest BCUT2D eigenvalue weighted by atomic mass is 10.1. The normalized spacial score (nSPS) is 10.7. The Kier molecular flexibility index (Phi) is 6.78. The molecule has 5 nitrogen and oxygen atoms in total. The number of anilines is 1. The summed E-state index contributed by atoms with van der Waals surface area (Å²) in [4.78, 5) is 23.9. The summed E-state index contributed by atoms with van der Waals surface area (Å²) in [6.45, 7) is 2.01. The van der Waals surface area contributed by atoms with Crippen LogP contribution in [0.3, 0.4) is 0 Å². The average Bonchev–Trinajstić information content (AvgIpc) is 2.82. The van der Waals surface area contributed by atoms with Crippen molar-refractivity contribution in [2.45, 2.75) is 19.6 Å². The fourth-order valence-corrected chi connectivity index (χ4v) is 3.41. The SMILES string of the molecule is O=C(Nc1ccccc1CN(Cc1ccccn1)Cc1ccccn1)c1ccccc1. The first-order valence-electron chi connectivity index (χ1n) is 10.2. The van der Waals surface area contributed by atoms with Crippen molar-refractivity contribution in [3.8, 4) is 0 Å². The number of carbonyl (C=O) groups excluding carboxylic acids is 1. The molecule has 0 unspecified atom stereocenters. The van der Waals surface area contributed by atoms with Crippen LogP contribution in [0.1, 0.15) is 27.3 Å². The highest BCUT2D eigenvalue weighted by Crippen LogP contribution is 2.20. The minimum absolute atomic E-state index is 0.117. The van der Waals surface area contributed by atoms with Gasteiger partial charge in [0.25, 0.3) is 5.91 Å². The van der Waals surface area contributed by atoms with E-state index in [-0.39, 0.29) is 5.91 Å². The fraction of sp³-hybridized carbons (Fsp3) is 0.115. The minimum Gasteiger partial charge on any atom is -0.322 e. The fourth-order valence-electron chi connectivity index (χ4n) is 3.41. The summed E-state index contributed by atoms with van der Waals surface area (Å²) in [5.41, 5.74) is 4.46. The Bertz CT molecular complexity index is 1060. The molecule has 31 heavy (non-hydrogen) atoms. The Labute approximate surface area is 182 Å². The van der Waals surface area contributed by atoms with Crippen LogP contribution in [0, 0.1) is 0 Å². The van der Waals surface area contributed by atoms with E-state index in [1.54, 1.807) is 0 Å². The number of amides is 1. The Morgan fingerprint density at radius 3 is 1.87 bits per heavy atom. The van der Waals surface area contributed by atoms with E-state index in [0.717, 1.165) is 22.6 Å². The van der Waals surface area contributed by atoms with Gasteiger partial charge < -0.3 is 5.32 Å². The van der Waals surface area contributed by atoms with Crippen LogP contribution in [0.25, 0.3) is 0 Å². The summed E-state index contributed by atoms with van der Waals surface area (Å²) in [5.74, 6) is -0.117. The molecule has 0 aliphatic heterocycles. The highest BCUT2D eigenvalue weighted by Gasteiger charge is 2.14. The predicted molar refractivity (Wildman–Crippen MR) is 122 cm³/mol. The lowest BCUT2D eigenvalue weighted by Gasteiger charge is -2.23. The van der Waals surface area contributed by atoms with Crippen LogP contribution in [0.5, 0.6) is 0 Å². The highest BCUT2D eigenvalue weighted by molar-refractivity contribution is 6.04. The van der Waals surface area contributed by atoms with Crippen molar-refractivity contribution >= 4 is 11.6 Å². The van der Waals surface area contributed by atoms with Crippen molar-refractivity contribution in [2.75, 3.05) is 5.32 Å². The van der Waals surface area contributed by atoms with Crippen molar-refractivity contribution in [3.63, 3.8) is 0 Å². The molecule has 0 fully saturated rings. The van der Waals surface area contributed by atoms with Gasteiger partial charge in [0.05, 0.1) is 11.4 Å². The van der Waals surface area contributed by atoms with E-state index in [1.165, 1.54) is 0 Å². The molecule has 0 saturated carbocycles. The van der Waals surface area contributed by atoms with Crippen LogP contribution in [0.4, 0.5) is 5.69 Å². The van der Waals surface area contributed by atoms with Gasteiger partial charge in [-0.15, -0.1) is 0 Å². The average molecular weight is 409 g/mol. The van der Waals surface area contributed by atoms with Crippen molar-refractivity contribution in [1.82, 2.24) is 14.9 Å². The van der Waals surface area contributed by atoms with E-state index < -0.39 is 0 Å². The van der Waals surface area contributed by atoms with Crippen LogP contribution in [0.15, 0.2) is 103 Å². The summed E-state index contributed by atoms with van der Waals surface area (Å²) in [6.07, 6.45) is 3.62. The first kappa shape index (κ1) is 20.4. The first-order valence-corrected chi connectivity index (χ1v) is 10.2. The van der Waals surface area contributed by atoms with E-state index in [9.17, 15) is 4.79 Å². The molecule has 0 atom stereocenters. The molecule has 0 aliphatic rings. The summed E-state index contributed by atoms with van der Waals surface area (Å²) in [6, 6.07) is 29.0. The molecule has 1 amide bonds. The smallest absolute Gasteiger partial charge is 0.255 e. The molecule has 4 rings (SSSR count). The summed E-state index contributed by atoms with van der Waals surface area (Å²) in [7, 11) is 0. The van der Waals surface area contributed by atoms with E-state index in [0.29, 0.717) is 25.2 Å². The third kappa shape index (κ3) is 5.84. The van der Waals surface area contributed by atoms with Crippen LogP contribution in [0.2, 0.25) is 0 Å². The summed E-state index contributed by atoms with van der Waals surface area (Å²) >= 11 is 0. The Balaban J connectivity index is 1.55. The quantitative estimate of drug-likeness (QED) is 0.449. The van der Waals surface area contributed by atoms with Crippen molar-refractivity contribution in [1.29, 1.82) is 0 Å². The standard InChI is InChI=1S/C26H24N4O/c31-26(21-10-2-1-3-11-21)29-25-15-5-4-12-22(25)18-30(19-23-13-6-8-16-27-23)20-24-14-7-9-17-28-24/h1-17H,18-20H2,(H,29,31). The maximum atomic E-state index is 12.7. The van der Waals surface area contributed by atoms with E-state index in [1.807, 2.05) is 103 Å². The predicted octanol–water partition coefficient (Wildman–Crippen LogP) is 4.93. The lowest BCUT2D eigenvalue weighted by Crippen LogP contribution is -2.24. The van der Waals surface area contributed by atoms with Gasteiger partial charge in [-0.3, -0.25) is 19.7 Å². The molecule has 4 aromatic rings. The molecule has 5 heteroatoms. The molecule has 0 aliphatic carbocycles. The number of carbonyl (C=O) groups is 1. The number of nitrogens with zero attached hydrogens (tertiary/aromatic N) is 3. The molecule has 2 aromatic heterocycles.